The highest BCUT2D eigenvalue weighted by molar-refractivity contribution is 5.67. The maximum Gasteiger partial charge on any atom is 0.332 e. The molecule has 1 aliphatic rings. The first-order valence-electron chi connectivity index (χ1n) is 10.6. The van der Waals surface area contributed by atoms with Gasteiger partial charge in [0.25, 0.3) is 5.56 Å². The molecule has 0 radical (unpaired) electrons. The van der Waals surface area contributed by atoms with E-state index in [-0.39, 0.29) is 23.3 Å². The number of benzene rings is 1. The average molecular weight is 398 g/mol. The maximum atomic E-state index is 13.0. The second-order valence-electron chi connectivity index (χ2n) is 8.05. The number of aromatic nitrogens is 2. The van der Waals surface area contributed by atoms with Crippen LogP contribution in [-0.2, 0) is 26.4 Å². The minimum atomic E-state index is -0.358. The molecule has 6 nitrogen and oxygen atoms in total. The Hall–Kier alpha value is -2.47. The Bertz CT molecular complexity index is 958. The van der Waals surface area contributed by atoms with Gasteiger partial charge in [0.15, 0.2) is 0 Å². The molecule has 3 rings (SSSR count). The minimum absolute atomic E-state index is 0.207. The van der Waals surface area contributed by atoms with Gasteiger partial charge in [0.2, 0.25) is 0 Å². The number of aliphatic hydroxyl groups excluding tert-OH is 1. The van der Waals surface area contributed by atoms with E-state index in [4.69, 9.17) is 0 Å². The van der Waals surface area contributed by atoms with Gasteiger partial charge in [-0.3, -0.25) is 13.9 Å². The van der Waals surface area contributed by atoms with Crippen LogP contribution >= 0.6 is 0 Å². The Labute approximate surface area is 171 Å². The summed E-state index contributed by atoms with van der Waals surface area (Å²) in [7, 11) is 1.69. The van der Waals surface area contributed by atoms with Crippen LogP contribution in [0.1, 0.15) is 50.2 Å². The molecule has 0 bridgehead atoms. The minimum Gasteiger partial charge on any atom is -0.393 e. The highest BCUT2D eigenvalue weighted by Gasteiger charge is 2.21. The molecule has 0 amide bonds. The summed E-state index contributed by atoms with van der Waals surface area (Å²) in [6, 6.07) is 10.4. The predicted octanol–water partition coefficient (Wildman–Crippen LogP) is 3.00. The summed E-state index contributed by atoms with van der Waals surface area (Å²) in [6.07, 6.45) is 7.15. The van der Waals surface area contributed by atoms with Crippen LogP contribution in [0.5, 0.6) is 0 Å². The van der Waals surface area contributed by atoms with E-state index in [1.807, 2.05) is 24.4 Å². The SMILES string of the molecule is C[C@@H](O)CCCCn1c(=O)c2c(n(C)c1=O)N=CC(CCc1ccccc1)CC2. The summed E-state index contributed by atoms with van der Waals surface area (Å²) >= 11 is 0. The summed E-state index contributed by atoms with van der Waals surface area (Å²) in [5, 5.41) is 9.38. The van der Waals surface area contributed by atoms with Crippen LogP contribution in [0.3, 0.4) is 0 Å². The van der Waals surface area contributed by atoms with Gasteiger partial charge in [-0.05, 0) is 63.4 Å². The predicted molar refractivity (Wildman–Crippen MR) is 116 cm³/mol. The first kappa shape index (κ1) is 21.2. The largest absolute Gasteiger partial charge is 0.393 e. The Kier molecular flexibility index (Phi) is 7.20. The van der Waals surface area contributed by atoms with Crippen molar-refractivity contribution < 1.29 is 5.11 Å². The standard InChI is InChI=1S/C23H31N3O3/c1-17(27)8-6-7-15-26-22(28)20-14-13-19(12-11-18-9-4-3-5-10-18)16-24-21(20)25(2)23(26)29/h3-5,9-10,16-17,19,27H,6-8,11-15H2,1-2H3/t17-,19?/m1/s1. The van der Waals surface area contributed by atoms with Crippen molar-refractivity contribution in [3.63, 3.8) is 0 Å². The summed E-state index contributed by atoms with van der Waals surface area (Å²) in [5.41, 5.74) is 1.42. The van der Waals surface area contributed by atoms with Gasteiger partial charge in [0, 0.05) is 19.8 Å². The van der Waals surface area contributed by atoms with E-state index in [1.165, 1.54) is 14.7 Å². The Morgan fingerprint density at radius 1 is 1.21 bits per heavy atom. The van der Waals surface area contributed by atoms with Crippen LogP contribution in [-0.4, -0.2) is 26.6 Å². The highest BCUT2D eigenvalue weighted by Crippen LogP contribution is 2.23. The molecule has 1 aliphatic heterocycles. The molecular weight excluding hydrogens is 366 g/mol. The lowest BCUT2D eigenvalue weighted by molar-refractivity contribution is 0.180. The van der Waals surface area contributed by atoms with E-state index in [0.29, 0.717) is 37.2 Å². The zero-order chi connectivity index (χ0) is 20.8. The summed E-state index contributed by atoms with van der Waals surface area (Å²) in [4.78, 5) is 30.2. The average Bonchev–Trinajstić information content (AvgIpc) is 2.93. The van der Waals surface area contributed by atoms with Gasteiger partial charge in [-0.2, -0.15) is 0 Å². The van der Waals surface area contributed by atoms with Gasteiger partial charge in [-0.25, -0.2) is 9.79 Å². The van der Waals surface area contributed by atoms with Crippen LogP contribution in [0.2, 0.25) is 0 Å². The summed E-state index contributed by atoms with van der Waals surface area (Å²) in [5.74, 6) is 0.791. The van der Waals surface area contributed by atoms with Gasteiger partial charge in [-0.1, -0.05) is 30.3 Å². The third-order valence-corrected chi connectivity index (χ3v) is 5.68. The first-order chi connectivity index (χ1) is 14.0. The molecule has 1 unspecified atom stereocenters. The number of hydrogen-bond donors (Lipinski definition) is 1. The topological polar surface area (TPSA) is 76.6 Å². The third kappa shape index (κ3) is 5.32. The van der Waals surface area contributed by atoms with Crippen molar-refractivity contribution in [3.8, 4) is 0 Å². The zero-order valence-electron chi connectivity index (χ0n) is 17.4. The third-order valence-electron chi connectivity index (χ3n) is 5.68. The Morgan fingerprint density at radius 2 is 1.97 bits per heavy atom. The molecule has 6 heteroatoms. The number of aliphatic imine (C=N–C) groups is 1. The fourth-order valence-electron chi connectivity index (χ4n) is 3.91. The van der Waals surface area contributed by atoms with Crippen molar-refractivity contribution in [2.24, 2.45) is 18.0 Å². The molecule has 2 heterocycles. The normalized spacial score (nSPS) is 17.0. The quantitative estimate of drug-likeness (QED) is 0.696. The van der Waals surface area contributed by atoms with Crippen LogP contribution in [0.4, 0.5) is 5.82 Å². The van der Waals surface area contributed by atoms with Gasteiger partial charge in [0.1, 0.15) is 5.82 Å². The molecule has 0 saturated heterocycles. The molecule has 0 fully saturated rings. The van der Waals surface area contributed by atoms with Crippen molar-refractivity contribution in [1.29, 1.82) is 0 Å². The number of rotatable bonds is 8. The van der Waals surface area contributed by atoms with Gasteiger partial charge >= 0.3 is 5.69 Å². The number of unbranched alkanes of at least 4 members (excludes halogenated alkanes) is 1. The number of aliphatic hydroxyl groups is 1. The molecule has 2 atom stereocenters. The van der Waals surface area contributed by atoms with Gasteiger partial charge < -0.3 is 5.11 Å². The van der Waals surface area contributed by atoms with Crippen molar-refractivity contribution >= 4 is 12.0 Å². The van der Waals surface area contributed by atoms with E-state index >= 15 is 0 Å². The Morgan fingerprint density at radius 3 is 2.69 bits per heavy atom. The number of nitrogens with zero attached hydrogens (tertiary/aromatic N) is 3. The molecule has 1 aromatic heterocycles. The van der Waals surface area contributed by atoms with E-state index < -0.39 is 0 Å². The molecule has 1 aromatic carbocycles. The lowest BCUT2D eigenvalue weighted by Crippen LogP contribution is -2.40. The van der Waals surface area contributed by atoms with Crippen LogP contribution in [0.25, 0.3) is 0 Å². The van der Waals surface area contributed by atoms with Crippen molar-refractivity contribution in [2.45, 2.75) is 64.5 Å². The molecule has 2 aromatic rings. The number of hydrogen-bond acceptors (Lipinski definition) is 4. The first-order valence-corrected chi connectivity index (χ1v) is 10.6. The second kappa shape index (κ2) is 9.83. The molecule has 1 N–H and O–H groups in total. The monoisotopic (exact) mass is 397 g/mol. The maximum absolute atomic E-state index is 13.0. The summed E-state index contributed by atoms with van der Waals surface area (Å²) < 4.78 is 2.84. The second-order valence-corrected chi connectivity index (χ2v) is 8.05. The molecule has 156 valence electrons. The van der Waals surface area contributed by atoms with E-state index in [1.54, 1.807) is 14.0 Å². The van der Waals surface area contributed by atoms with E-state index in [9.17, 15) is 14.7 Å². The lowest BCUT2D eigenvalue weighted by atomic mass is 9.95. The number of fused-ring (bicyclic) bond motifs is 1. The van der Waals surface area contributed by atoms with Crippen molar-refractivity contribution in [2.75, 3.05) is 0 Å². The fourth-order valence-corrected chi connectivity index (χ4v) is 3.91. The van der Waals surface area contributed by atoms with Gasteiger partial charge in [0.05, 0.1) is 11.7 Å². The molecule has 0 saturated carbocycles. The van der Waals surface area contributed by atoms with Gasteiger partial charge in [-0.15, -0.1) is 0 Å². The lowest BCUT2D eigenvalue weighted by Gasteiger charge is -2.13. The van der Waals surface area contributed by atoms with E-state index in [0.717, 1.165) is 25.7 Å². The number of aryl methyl sites for hydroxylation is 1. The Balaban J connectivity index is 1.73. The van der Waals surface area contributed by atoms with Crippen LogP contribution in [0, 0.1) is 5.92 Å². The van der Waals surface area contributed by atoms with E-state index in [2.05, 4.69) is 17.1 Å². The van der Waals surface area contributed by atoms with Crippen molar-refractivity contribution in [3.05, 3.63) is 62.3 Å². The zero-order valence-corrected chi connectivity index (χ0v) is 17.4. The molecule has 0 spiro atoms. The highest BCUT2D eigenvalue weighted by atomic mass is 16.3. The molecular formula is C23H31N3O3. The molecule has 29 heavy (non-hydrogen) atoms. The smallest absolute Gasteiger partial charge is 0.332 e. The van der Waals surface area contributed by atoms with Crippen LogP contribution < -0.4 is 11.2 Å². The fraction of sp³-hybridized carbons (Fsp3) is 0.522. The molecule has 0 aliphatic carbocycles. The summed E-state index contributed by atoms with van der Waals surface area (Å²) in [6.45, 7) is 2.13. The van der Waals surface area contributed by atoms with Crippen molar-refractivity contribution in [1.82, 2.24) is 9.13 Å². The van der Waals surface area contributed by atoms with Crippen LogP contribution in [0.15, 0.2) is 44.9 Å².